The van der Waals surface area contributed by atoms with Crippen molar-refractivity contribution in [2.24, 2.45) is 7.05 Å². The predicted molar refractivity (Wildman–Crippen MR) is 82.6 cm³/mol. The zero-order chi connectivity index (χ0) is 16.3. The number of nitrogens with one attached hydrogen (secondary N) is 1. The first-order valence-electron chi connectivity index (χ1n) is 7.29. The van der Waals surface area contributed by atoms with Crippen LogP contribution in [0, 0.1) is 6.92 Å². The van der Waals surface area contributed by atoms with E-state index in [0.29, 0.717) is 5.82 Å². The van der Waals surface area contributed by atoms with Crippen LogP contribution in [0.3, 0.4) is 0 Å². The van der Waals surface area contributed by atoms with Crippen LogP contribution < -0.4 is 10.7 Å². The first kappa shape index (κ1) is 15.9. The van der Waals surface area contributed by atoms with Crippen LogP contribution in [0.15, 0.2) is 23.4 Å². The molecule has 0 aromatic carbocycles. The summed E-state index contributed by atoms with van der Waals surface area (Å²) in [7, 11) is 1.80. The summed E-state index contributed by atoms with van der Waals surface area (Å²) in [6.07, 6.45) is 4.15. The summed E-state index contributed by atoms with van der Waals surface area (Å²) in [6, 6.07) is 1.13. The van der Waals surface area contributed by atoms with Gasteiger partial charge < -0.3 is 14.5 Å². The number of carbonyl (C=O) groups excluding carboxylic acids is 1. The van der Waals surface area contributed by atoms with Gasteiger partial charge in [0, 0.05) is 31.5 Å². The van der Waals surface area contributed by atoms with Crippen LogP contribution in [-0.2, 0) is 13.6 Å². The summed E-state index contributed by atoms with van der Waals surface area (Å²) < 4.78 is 3.65. The molecule has 1 atom stereocenters. The zero-order valence-electron chi connectivity index (χ0n) is 13.3. The number of rotatable bonds is 5. The molecule has 2 aromatic heterocycles. The largest absolute Gasteiger partial charge is 0.354 e. The van der Waals surface area contributed by atoms with Crippen LogP contribution in [0.5, 0.6) is 0 Å². The van der Waals surface area contributed by atoms with Crippen LogP contribution >= 0.6 is 0 Å². The number of hydrogen-bond donors (Lipinski definition) is 1. The first-order valence-corrected chi connectivity index (χ1v) is 7.29. The predicted octanol–water partition coefficient (Wildman–Crippen LogP) is 1.19. The highest BCUT2D eigenvalue weighted by atomic mass is 16.2. The van der Waals surface area contributed by atoms with E-state index in [0.717, 1.165) is 18.7 Å². The number of aromatic nitrogens is 4. The monoisotopic (exact) mass is 303 g/mol. The average molecular weight is 303 g/mol. The Bertz CT molecular complexity index is 732. The molecular formula is C15H21N5O2. The van der Waals surface area contributed by atoms with Gasteiger partial charge in [-0.1, -0.05) is 6.92 Å². The third kappa shape index (κ3) is 3.24. The van der Waals surface area contributed by atoms with E-state index in [-0.39, 0.29) is 17.0 Å². The van der Waals surface area contributed by atoms with E-state index in [1.54, 1.807) is 24.1 Å². The van der Waals surface area contributed by atoms with Crippen LogP contribution in [0.4, 0.5) is 0 Å². The third-order valence-corrected chi connectivity index (χ3v) is 3.57. The Balaban J connectivity index is 2.20. The maximum atomic E-state index is 12.3. The Hall–Kier alpha value is -2.44. The summed E-state index contributed by atoms with van der Waals surface area (Å²) in [5.74, 6) is 0.276. The van der Waals surface area contributed by atoms with Gasteiger partial charge in [0.25, 0.3) is 5.91 Å². The molecule has 0 saturated carbocycles. The van der Waals surface area contributed by atoms with E-state index in [4.69, 9.17) is 0 Å². The standard InChI is InChI=1S/C15H21N5O2/c1-5-6-20-9-16-18-14(20)11(3)17-15(22)12-8-19(4)10(2)7-13(12)21/h7-9,11H,5-6H2,1-4H3,(H,17,22)/t11-/m1/s1. The van der Waals surface area contributed by atoms with Crippen molar-refractivity contribution in [3.8, 4) is 0 Å². The van der Waals surface area contributed by atoms with Crippen LogP contribution in [0.2, 0.25) is 0 Å². The minimum absolute atomic E-state index is 0.126. The lowest BCUT2D eigenvalue weighted by Crippen LogP contribution is -2.32. The van der Waals surface area contributed by atoms with Gasteiger partial charge in [0.05, 0.1) is 6.04 Å². The fourth-order valence-corrected chi connectivity index (χ4v) is 2.25. The molecule has 7 heteroatoms. The molecule has 1 N–H and O–H groups in total. The van der Waals surface area contributed by atoms with Crippen LogP contribution in [0.25, 0.3) is 0 Å². The van der Waals surface area contributed by atoms with Crippen molar-refractivity contribution in [2.75, 3.05) is 0 Å². The highest BCUT2D eigenvalue weighted by Gasteiger charge is 2.18. The normalized spacial score (nSPS) is 12.2. The van der Waals surface area contributed by atoms with Crippen molar-refractivity contribution in [1.82, 2.24) is 24.6 Å². The lowest BCUT2D eigenvalue weighted by molar-refractivity contribution is 0.0935. The molecule has 0 spiro atoms. The molecule has 0 saturated heterocycles. The number of carbonyl (C=O) groups is 1. The SMILES string of the molecule is CCCn1cnnc1[C@@H](C)NC(=O)c1cn(C)c(C)cc1=O. The minimum atomic E-state index is -0.404. The molecule has 7 nitrogen and oxygen atoms in total. The van der Waals surface area contributed by atoms with Crippen molar-refractivity contribution in [2.45, 2.75) is 39.8 Å². The topological polar surface area (TPSA) is 81.8 Å². The van der Waals surface area contributed by atoms with Crippen LogP contribution in [-0.4, -0.2) is 25.2 Å². The van der Waals surface area contributed by atoms with Crippen molar-refractivity contribution in [3.05, 3.63) is 45.9 Å². The second-order valence-corrected chi connectivity index (χ2v) is 5.38. The average Bonchev–Trinajstić information content (AvgIpc) is 2.91. The van der Waals surface area contributed by atoms with E-state index in [2.05, 4.69) is 22.4 Å². The fraction of sp³-hybridized carbons (Fsp3) is 0.467. The number of hydrogen-bond acceptors (Lipinski definition) is 4. The second-order valence-electron chi connectivity index (χ2n) is 5.38. The fourth-order valence-electron chi connectivity index (χ4n) is 2.25. The maximum absolute atomic E-state index is 12.3. The molecule has 2 rings (SSSR count). The van der Waals surface area contributed by atoms with Crippen molar-refractivity contribution in [1.29, 1.82) is 0 Å². The number of pyridine rings is 1. The van der Waals surface area contributed by atoms with Gasteiger partial charge in [0.1, 0.15) is 11.9 Å². The Morgan fingerprint density at radius 1 is 1.45 bits per heavy atom. The van der Waals surface area contributed by atoms with Crippen molar-refractivity contribution < 1.29 is 4.79 Å². The number of amides is 1. The zero-order valence-corrected chi connectivity index (χ0v) is 13.3. The van der Waals surface area contributed by atoms with E-state index >= 15 is 0 Å². The highest BCUT2D eigenvalue weighted by Crippen LogP contribution is 2.10. The molecule has 0 aliphatic carbocycles. The van der Waals surface area contributed by atoms with E-state index in [9.17, 15) is 9.59 Å². The van der Waals surface area contributed by atoms with Gasteiger partial charge in [0.15, 0.2) is 11.3 Å². The number of aryl methyl sites for hydroxylation is 3. The van der Waals surface area contributed by atoms with Gasteiger partial charge in [0.2, 0.25) is 0 Å². The minimum Gasteiger partial charge on any atom is -0.354 e. The molecule has 0 aliphatic rings. The van der Waals surface area contributed by atoms with E-state index < -0.39 is 5.91 Å². The molecule has 0 fully saturated rings. The Kier molecular flexibility index (Phi) is 4.75. The van der Waals surface area contributed by atoms with Gasteiger partial charge >= 0.3 is 0 Å². The molecule has 118 valence electrons. The third-order valence-electron chi connectivity index (χ3n) is 3.57. The first-order chi connectivity index (χ1) is 10.4. The van der Waals surface area contributed by atoms with Crippen molar-refractivity contribution >= 4 is 5.91 Å². The summed E-state index contributed by atoms with van der Waals surface area (Å²) in [5, 5.41) is 10.7. The molecule has 0 unspecified atom stereocenters. The van der Waals surface area contributed by atoms with Gasteiger partial charge in [-0.05, 0) is 20.3 Å². The maximum Gasteiger partial charge on any atom is 0.257 e. The van der Waals surface area contributed by atoms with E-state index in [1.165, 1.54) is 6.07 Å². The molecule has 0 radical (unpaired) electrons. The van der Waals surface area contributed by atoms with Gasteiger partial charge in [-0.25, -0.2) is 0 Å². The lowest BCUT2D eigenvalue weighted by atomic mass is 10.2. The molecule has 1 amide bonds. The van der Waals surface area contributed by atoms with Gasteiger partial charge in [-0.2, -0.15) is 0 Å². The lowest BCUT2D eigenvalue weighted by Gasteiger charge is -2.15. The Morgan fingerprint density at radius 3 is 2.86 bits per heavy atom. The Morgan fingerprint density at radius 2 is 2.18 bits per heavy atom. The van der Waals surface area contributed by atoms with Crippen LogP contribution in [0.1, 0.15) is 48.2 Å². The number of nitrogens with zero attached hydrogens (tertiary/aromatic N) is 4. The molecule has 0 aliphatic heterocycles. The summed E-state index contributed by atoms with van der Waals surface area (Å²) in [6.45, 7) is 6.49. The summed E-state index contributed by atoms with van der Waals surface area (Å²) >= 11 is 0. The molecule has 2 aromatic rings. The quantitative estimate of drug-likeness (QED) is 0.899. The molecule has 0 bridgehead atoms. The van der Waals surface area contributed by atoms with Gasteiger partial charge in [-0.15, -0.1) is 10.2 Å². The summed E-state index contributed by atoms with van der Waals surface area (Å²) in [4.78, 5) is 24.3. The van der Waals surface area contributed by atoms with Gasteiger partial charge in [-0.3, -0.25) is 9.59 Å². The van der Waals surface area contributed by atoms with E-state index in [1.807, 2.05) is 18.4 Å². The van der Waals surface area contributed by atoms with Crippen molar-refractivity contribution in [3.63, 3.8) is 0 Å². The highest BCUT2D eigenvalue weighted by molar-refractivity contribution is 5.94. The molecular weight excluding hydrogens is 282 g/mol. The molecule has 22 heavy (non-hydrogen) atoms. The summed E-state index contributed by atoms with van der Waals surface area (Å²) in [5.41, 5.74) is 0.647. The second kappa shape index (κ2) is 6.55. The molecule has 2 heterocycles. The Labute approximate surface area is 129 Å². The smallest absolute Gasteiger partial charge is 0.257 e.